The highest BCUT2D eigenvalue weighted by Gasteiger charge is 2.28. The molecule has 0 fully saturated rings. The Bertz CT molecular complexity index is 1180. The summed E-state index contributed by atoms with van der Waals surface area (Å²) in [7, 11) is 0. The molecule has 0 aliphatic carbocycles. The number of ether oxygens (including phenoxy) is 2. The number of benzene rings is 3. The summed E-state index contributed by atoms with van der Waals surface area (Å²) in [6, 6.07) is 21.9. The van der Waals surface area contributed by atoms with Crippen molar-refractivity contribution in [1.82, 2.24) is 10.2 Å². The van der Waals surface area contributed by atoms with Crippen molar-refractivity contribution in [2.45, 2.75) is 13.0 Å². The van der Waals surface area contributed by atoms with E-state index in [9.17, 15) is 14.4 Å². The molecule has 3 aromatic carbocycles. The van der Waals surface area contributed by atoms with Gasteiger partial charge in [-0.25, -0.2) is 0 Å². The minimum absolute atomic E-state index is 0.172. The monoisotopic (exact) mass is 473 g/mol. The average molecular weight is 474 g/mol. The number of nitrogens with zero attached hydrogens (tertiary/aromatic N) is 1. The maximum Gasteiger partial charge on any atom is 0.252 e. The molecule has 0 spiro atoms. The van der Waals surface area contributed by atoms with Gasteiger partial charge in [0, 0.05) is 23.9 Å². The van der Waals surface area contributed by atoms with Gasteiger partial charge in [0.05, 0.1) is 6.54 Å². The van der Waals surface area contributed by atoms with Gasteiger partial charge in [-0.15, -0.1) is 0 Å². The van der Waals surface area contributed by atoms with Crippen LogP contribution in [0.4, 0.5) is 5.69 Å². The largest absolute Gasteiger partial charge is 0.486 e. The normalized spacial score (nSPS) is 12.8. The summed E-state index contributed by atoms with van der Waals surface area (Å²) in [5, 5.41) is 5.63. The van der Waals surface area contributed by atoms with Crippen LogP contribution in [0.15, 0.2) is 78.9 Å². The summed E-state index contributed by atoms with van der Waals surface area (Å²) >= 11 is 0. The van der Waals surface area contributed by atoms with E-state index in [0.29, 0.717) is 41.5 Å². The molecule has 0 bridgehead atoms. The highest BCUT2D eigenvalue weighted by molar-refractivity contribution is 5.99. The van der Waals surface area contributed by atoms with Gasteiger partial charge in [0.25, 0.3) is 5.91 Å². The number of carbonyl (C=O) groups is 3. The number of hydrogen-bond donors (Lipinski definition) is 2. The number of rotatable bonds is 8. The van der Waals surface area contributed by atoms with Gasteiger partial charge in [-0.05, 0) is 36.8 Å². The van der Waals surface area contributed by atoms with Crippen LogP contribution in [0.2, 0.25) is 0 Å². The molecule has 1 aliphatic heterocycles. The van der Waals surface area contributed by atoms with Gasteiger partial charge in [-0.1, -0.05) is 48.5 Å². The second kappa shape index (κ2) is 11.2. The van der Waals surface area contributed by atoms with E-state index in [2.05, 4.69) is 10.6 Å². The first-order valence-electron chi connectivity index (χ1n) is 11.4. The molecule has 1 aliphatic rings. The van der Waals surface area contributed by atoms with Crippen LogP contribution in [0.3, 0.4) is 0 Å². The highest BCUT2D eigenvalue weighted by Crippen LogP contribution is 2.32. The molecule has 0 aromatic heterocycles. The molecule has 1 unspecified atom stereocenters. The van der Waals surface area contributed by atoms with Crippen molar-refractivity contribution in [2.24, 2.45) is 0 Å². The Labute approximate surface area is 203 Å². The molecule has 4 rings (SSSR count). The molecule has 0 saturated heterocycles. The van der Waals surface area contributed by atoms with Gasteiger partial charge < -0.3 is 25.0 Å². The molecule has 3 aromatic rings. The van der Waals surface area contributed by atoms with Crippen LogP contribution < -0.4 is 20.1 Å². The summed E-state index contributed by atoms with van der Waals surface area (Å²) in [5.41, 5.74) is 1.62. The van der Waals surface area contributed by atoms with E-state index in [-0.39, 0.29) is 30.8 Å². The summed E-state index contributed by atoms with van der Waals surface area (Å²) in [6.07, 6.45) is 0. The third-order valence-electron chi connectivity index (χ3n) is 5.55. The Morgan fingerprint density at radius 3 is 2.23 bits per heavy atom. The Kier molecular flexibility index (Phi) is 7.62. The van der Waals surface area contributed by atoms with Crippen molar-refractivity contribution in [3.63, 3.8) is 0 Å². The van der Waals surface area contributed by atoms with Crippen LogP contribution in [0, 0.1) is 0 Å². The standard InChI is InChI=1S/C27H27N3O5/c1-2-30(18-24(31)28-21-13-14-22-23(17-21)35-16-15-34-22)27(33)25(19-9-5-3-6-10-19)29-26(32)20-11-7-4-8-12-20/h3-14,17,25H,2,15-16,18H2,1H3,(H,28,31)(H,29,32). The van der Waals surface area contributed by atoms with E-state index in [1.165, 1.54) is 4.90 Å². The highest BCUT2D eigenvalue weighted by atomic mass is 16.6. The summed E-state index contributed by atoms with van der Waals surface area (Å²) in [4.78, 5) is 40.6. The molecule has 2 N–H and O–H groups in total. The van der Waals surface area contributed by atoms with Gasteiger partial charge >= 0.3 is 0 Å². The van der Waals surface area contributed by atoms with Gasteiger partial charge in [-0.3, -0.25) is 14.4 Å². The SMILES string of the molecule is CCN(CC(=O)Nc1ccc2c(c1)OCCO2)C(=O)C(NC(=O)c1ccccc1)c1ccccc1. The lowest BCUT2D eigenvalue weighted by atomic mass is 10.0. The molecule has 0 saturated carbocycles. The second-order valence-electron chi connectivity index (χ2n) is 7.94. The van der Waals surface area contributed by atoms with Gasteiger partial charge in [0.1, 0.15) is 19.3 Å². The van der Waals surface area contributed by atoms with Crippen molar-refractivity contribution in [3.05, 3.63) is 90.0 Å². The van der Waals surface area contributed by atoms with Crippen LogP contribution in [0.5, 0.6) is 11.5 Å². The van der Waals surface area contributed by atoms with Gasteiger partial charge in [0.15, 0.2) is 11.5 Å². The first kappa shape index (κ1) is 23.8. The molecule has 8 nitrogen and oxygen atoms in total. The summed E-state index contributed by atoms with van der Waals surface area (Å²) < 4.78 is 11.1. The number of carbonyl (C=O) groups excluding carboxylic acids is 3. The quantitative estimate of drug-likeness (QED) is 0.523. The average Bonchev–Trinajstić information content (AvgIpc) is 2.90. The van der Waals surface area contributed by atoms with Crippen LogP contribution in [-0.4, -0.2) is 48.9 Å². The number of hydrogen-bond acceptors (Lipinski definition) is 5. The number of amides is 3. The molecule has 1 heterocycles. The third kappa shape index (κ3) is 5.97. The lowest BCUT2D eigenvalue weighted by Crippen LogP contribution is -2.45. The smallest absolute Gasteiger partial charge is 0.252 e. The summed E-state index contributed by atoms with van der Waals surface area (Å²) in [6.45, 7) is 2.83. The van der Waals surface area contributed by atoms with E-state index < -0.39 is 6.04 Å². The van der Waals surface area contributed by atoms with Crippen LogP contribution in [0.1, 0.15) is 28.9 Å². The topological polar surface area (TPSA) is 97.0 Å². The van der Waals surface area contributed by atoms with Crippen molar-refractivity contribution in [3.8, 4) is 11.5 Å². The van der Waals surface area contributed by atoms with Crippen LogP contribution in [0.25, 0.3) is 0 Å². The Morgan fingerprint density at radius 2 is 1.54 bits per heavy atom. The summed E-state index contributed by atoms with van der Waals surface area (Å²) in [5.74, 6) is 0.0766. The Morgan fingerprint density at radius 1 is 0.886 bits per heavy atom. The zero-order valence-corrected chi connectivity index (χ0v) is 19.4. The van der Waals surface area contributed by atoms with Crippen molar-refractivity contribution < 1.29 is 23.9 Å². The molecular formula is C27H27N3O5. The minimum Gasteiger partial charge on any atom is -0.486 e. The fourth-order valence-corrected chi connectivity index (χ4v) is 3.76. The predicted molar refractivity (Wildman–Crippen MR) is 131 cm³/mol. The lowest BCUT2D eigenvalue weighted by molar-refractivity contribution is -0.136. The molecule has 35 heavy (non-hydrogen) atoms. The first-order chi connectivity index (χ1) is 17.0. The second-order valence-corrected chi connectivity index (χ2v) is 7.94. The number of nitrogens with one attached hydrogen (secondary N) is 2. The van der Waals surface area contributed by atoms with Crippen molar-refractivity contribution in [2.75, 3.05) is 31.6 Å². The first-order valence-corrected chi connectivity index (χ1v) is 11.4. The lowest BCUT2D eigenvalue weighted by Gasteiger charge is -2.27. The number of anilines is 1. The fourth-order valence-electron chi connectivity index (χ4n) is 3.76. The van der Waals surface area contributed by atoms with E-state index in [1.807, 2.05) is 12.1 Å². The van der Waals surface area contributed by atoms with Crippen molar-refractivity contribution >= 4 is 23.4 Å². The van der Waals surface area contributed by atoms with E-state index in [4.69, 9.17) is 9.47 Å². The molecule has 3 amide bonds. The van der Waals surface area contributed by atoms with Crippen LogP contribution in [-0.2, 0) is 9.59 Å². The Balaban J connectivity index is 1.47. The van der Waals surface area contributed by atoms with Crippen molar-refractivity contribution in [1.29, 1.82) is 0 Å². The predicted octanol–water partition coefficient (Wildman–Crippen LogP) is 3.42. The molecule has 0 radical (unpaired) electrons. The zero-order valence-electron chi connectivity index (χ0n) is 19.4. The number of likely N-dealkylation sites (N-methyl/N-ethyl adjacent to an activating group) is 1. The number of fused-ring (bicyclic) bond motifs is 1. The molecule has 8 heteroatoms. The van der Waals surface area contributed by atoms with E-state index >= 15 is 0 Å². The van der Waals surface area contributed by atoms with E-state index in [0.717, 1.165) is 0 Å². The maximum atomic E-state index is 13.5. The van der Waals surface area contributed by atoms with Gasteiger partial charge in [-0.2, -0.15) is 0 Å². The van der Waals surface area contributed by atoms with Gasteiger partial charge in [0.2, 0.25) is 11.8 Å². The zero-order chi connectivity index (χ0) is 24.6. The fraction of sp³-hybridized carbons (Fsp3) is 0.222. The minimum atomic E-state index is -0.939. The molecule has 1 atom stereocenters. The van der Waals surface area contributed by atoms with E-state index in [1.54, 1.807) is 73.7 Å². The molecule has 180 valence electrons. The van der Waals surface area contributed by atoms with Crippen LogP contribution >= 0.6 is 0 Å². The Hall–Kier alpha value is -4.33. The molecular weight excluding hydrogens is 446 g/mol. The third-order valence-corrected chi connectivity index (χ3v) is 5.55. The maximum absolute atomic E-state index is 13.5.